The third kappa shape index (κ3) is 8.04. The van der Waals surface area contributed by atoms with Crippen molar-refractivity contribution < 1.29 is 49.8 Å². The Hall–Kier alpha value is -2.01. The van der Waals surface area contributed by atoms with E-state index in [2.05, 4.69) is 9.51 Å². The average Bonchev–Trinajstić information content (AvgIpc) is 3.11. The predicted octanol–water partition coefficient (Wildman–Crippen LogP) is 1.28. The number of fused-ring (bicyclic) bond motifs is 1. The van der Waals surface area contributed by atoms with Crippen molar-refractivity contribution in [3.63, 3.8) is 0 Å². The van der Waals surface area contributed by atoms with Crippen LogP contribution in [0.25, 0.3) is 10.2 Å². The smallest absolute Gasteiger partial charge is 0.488 e. The average molecular weight is 550 g/mol. The molecule has 18 heteroatoms. The van der Waals surface area contributed by atoms with Gasteiger partial charge in [0.15, 0.2) is 11.5 Å². The standard InChI is InChI=1S/C16H22F3N4O8PS2/c1-8(20)5-29-11-3-10-13(4-12(11)30-6-9(2)21)33-15(23-10)34(27,28)22-7-32(25,26)31-14(24)16(17,18)19/h3-4,8-9,22H,5-7,20-21H2,1-2H3,(H,25,26). The van der Waals surface area contributed by atoms with Gasteiger partial charge in [-0.3, -0.25) is 0 Å². The molecule has 12 nitrogen and oxygen atoms in total. The molecule has 2 aromatic rings. The number of hydrogen-bond donors (Lipinski definition) is 4. The van der Waals surface area contributed by atoms with E-state index in [-0.39, 0.29) is 42.3 Å². The number of thiazole rings is 1. The first-order chi connectivity index (χ1) is 15.5. The number of carbonyl (C=O) groups is 1. The highest BCUT2D eigenvalue weighted by atomic mass is 32.2. The molecule has 0 amide bonds. The SMILES string of the molecule is CC(N)COc1cc2nc(S(=O)(=O)NCP(=O)(O)OC(=O)C(F)(F)F)sc2cc1OCC(C)N. The fourth-order valence-corrected chi connectivity index (χ4v) is 5.83. The monoisotopic (exact) mass is 550 g/mol. The van der Waals surface area contributed by atoms with Gasteiger partial charge < -0.3 is 30.4 Å². The first-order valence-corrected chi connectivity index (χ1v) is 13.4. The van der Waals surface area contributed by atoms with Crippen molar-refractivity contribution in [2.24, 2.45) is 11.5 Å². The van der Waals surface area contributed by atoms with Gasteiger partial charge in [-0.25, -0.2) is 22.8 Å². The number of hydrogen-bond acceptors (Lipinski definition) is 11. The molecule has 1 heterocycles. The van der Waals surface area contributed by atoms with E-state index >= 15 is 0 Å². The van der Waals surface area contributed by atoms with Gasteiger partial charge in [0, 0.05) is 24.2 Å². The number of benzene rings is 1. The minimum atomic E-state index is -5.53. The Morgan fingerprint density at radius 1 is 1.21 bits per heavy atom. The summed E-state index contributed by atoms with van der Waals surface area (Å²) in [5.74, 6) is -2.48. The summed E-state index contributed by atoms with van der Waals surface area (Å²) in [5, 5.41) is 0. The number of ether oxygens (including phenoxy) is 2. The maximum Gasteiger partial charge on any atom is 0.491 e. The topological polar surface area (TPSA) is 193 Å². The lowest BCUT2D eigenvalue weighted by Gasteiger charge is -2.15. The lowest BCUT2D eigenvalue weighted by Crippen LogP contribution is -2.29. The molecular weight excluding hydrogens is 528 g/mol. The number of carbonyl (C=O) groups excluding carboxylic acids is 1. The van der Waals surface area contributed by atoms with Crippen LogP contribution in [0.4, 0.5) is 13.2 Å². The number of halogens is 3. The summed E-state index contributed by atoms with van der Waals surface area (Å²) in [4.78, 5) is 24.1. The van der Waals surface area contributed by atoms with Gasteiger partial charge in [-0.1, -0.05) is 0 Å². The van der Waals surface area contributed by atoms with Crippen LogP contribution in [0, 0.1) is 0 Å². The molecule has 1 aromatic heterocycles. The maximum absolute atomic E-state index is 12.5. The normalized spacial score (nSPS) is 16.0. The summed E-state index contributed by atoms with van der Waals surface area (Å²) < 4.78 is 89.3. The Morgan fingerprint density at radius 3 is 2.24 bits per heavy atom. The van der Waals surface area contributed by atoms with E-state index in [4.69, 9.17) is 20.9 Å². The summed E-state index contributed by atoms with van der Waals surface area (Å²) in [7, 11) is -9.87. The number of nitrogens with one attached hydrogen (secondary N) is 1. The van der Waals surface area contributed by atoms with Crippen LogP contribution in [0.15, 0.2) is 16.5 Å². The maximum atomic E-state index is 12.5. The first kappa shape index (κ1) is 28.2. The molecule has 0 bridgehead atoms. The van der Waals surface area contributed by atoms with Crippen LogP contribution >= 0.6 is 18.9 Å². The molecule has 0 saturated heterocycles. The van der Waals surface area contributed by atoms with Crippen LogP contribution in [-0.4, -0.2) is 62.0 Å². The van der Waals surface area contributed by atoms with Gasteiger partial charge in [0.1, 0.15) is 19.5 Å². The van der Waals surface area contributed by atoms with Crippen molar-refractivity contribution in [1.82, 2.24) is 9.71 Å². The summed E-state index contributed by atoms with van der Waals surface area (Å²) in [6, 6.07) is 2.20. The number of alkyl halides is 3. The zero-order chi connectivity index (χ0) is 25.9. The van der Waals surface area contributed by atoms with Crippen LogP contribution in [0.2, 0.25) is 0 Å². The Bertz CT molecular complexity index is 1140. The fraction of sp³-hybridized carbons (Fsp3) is 0.500. The van der Waals surface area contributed by atoms with Crippen LogP contribution in [0.3, 0.4) is 0 Å². The van der Waals surface area contributed by atoms with E-state index in [9.17, 15) is 35.8 Å². The molecule has 34 heavy (non-hydrogen) atoms. The highest BCUT2D eigenvalue weighted by Crippen LogP contribution is 2.43. The lowest BCUT2D eigenvalue weighted by molar-refractivity contribution is -0.190. The number of rotatable bonds is 11. The Labute approximate surface area is 196 Å². The summed E-state index contributed by atoms with van der Waals surface area (Å²) >= 11 is 0.642. The number of sulfonamides is 1. The van der Waals surface area contributed by atoms with Crippen molar-refractivity contribution >= 4 is 45.1 Å². The second kappa shape index (κ2) is 10.7. The van der Waals surface area contributed by atoms with E-state index in [0.29, 0.717) is 16.0 Å². The molecule has 0 aliphatic rings. The molecular formula is C16H22F3N4O8PS2. The van der Waals surface area contributed by atoms with Crippen molar-refractivity contribution in [2.75, 3.05) is 19.5 Å². The van der Waals surface area contributed by atoms with E-state index in [1.54, 1.807) is 18.6 Å². The minimum Gasteiger partial charge on any atom is -0.488 e. The van der Waals surface area contributed by atoms with Crippen molar-refractivity contribution in [3.8, 4) is 11.5 Å². The molecule has 0 spiro atoms. The largest absolute Gasteiger partial charge is 0.491 e. The second-order valence-corrected chi connectivity index (χ2v) is 11.9. The highest BCUT2D eigenvalue weighted by Gasteiger charge is 2.45. The van der Waals surface area contributed by atoms with E-state index < -0.39 is 40.4 Å². The molecule has 0 saturated carbocycles. The van der Waals surface area contributed by atoms with Gasteiger partial charge in [0.25, 0.3) is 10.0 Å². The quantitative estimate of drug-likeness (QED) is 0.294. The van der Waals surface area contributed by atoms with E-state index in [1.165, 1.54) is 12.1 Å². The Morgan fingerprint density at radius 2 is 1.74 bits per heavy atom. The first-order valence-electron chi connectivity index (χ1n) is 9.34. The van der Waals surface area contributed by atoms with E-state index in [1.807, 2.05) is 0 Å². The van der Waals surface area contributed by atoms with Crippen LogP contribution in [0.5, 0.6) is 11.5 Å². The fourth-order valence-electron chi connectivity index (χ4n) is 2.14. The second-order valence-electron chi connectivity index (χ2n) is 7.14. The van der Waals surface area contributed by atoms with Crippen LogP contribution in [0.1, 0.15) is 13.8 Å². The Kier molecular flexibility index (Phi) is 8.90. The molecule has 0 aliphatic heterocycles. The zero-order valence-corrected chi connectivity index (χ0v) is 20.3. The molecule has 2 rings (SSSR count). The van der Waals surface area contributed by atoms with Gasteiger partial charge in [0.05, 0.1) is 10.2 Å². The predicted molar refractivity (Wildman–Crippen MR) is 115 cm³/mol. The summed E-state index contributed by atoms with van der Waals surface area (Å²) in [6.45, 7) is 3.63. The zero-order valence-electron chi connectivity index (χ0n) is 17.7. The molecule has 0 aliphatic carbocycles. The molecule has 192 valence electrons. The van der Waals surface area contributed by atoms with Crippen molar-refractivity contribution in [3.05, 3.63) is 12.1 Å². The molecule has 1 aromatic carbocycles. The van der Waals surface area contributed by atoms with Gasteiger partial charge in [0.2, 0.25) is 4.34 Å². The molecule has 0 radical (unpaired) electrons. The number of nitrogens with two attached hydrogens (primary N) is 2. The lowest BCUT2D eigenvalue weighted by atomic mass is 10.3. The molecule has 3 atom stereocenters. The number of aromatic nitrogens is 1. The third-order valence-electron chi connectivity index (χ3n) is 3.58. The highest BCUT2D eigenvalue weighted by molar-refractivity contribution is 7.91. The van der Waals surface area contributed by atoms with Gasteiger partial charge in [-0.2, -0.15) is 17.9 Å². The number of nitrogens with zero attached hydrogens (tertiary/aromatic N) is 1. The van der Waals surface area contributed by atoms with Crippen molar-refractivity contribution in [2.45, 2.75) is 36.4 Å². The molecule has 3 unspecified atom stereocenters. The third-order valence-corrected chi connectivity index (χ3v) is 7.60. The Balaban J connectivity index is 2.28. The summed E-state index contributed by atoms with van der Waals surface area (Å²) in [6.07, 6.45) is -7.04. The van der Waals surface area contributed by atoms with Gasteiger partial charge in [-0.15, -0.1) is 11.3 Å². The van der Waals surface area contributed by atoms with Crippen LogP contribution in [-0.2, 0) is 23.9 Å². The van der Waals surface area contributed by atoms with Gasteiger partial charge in [-0.05, 0) is 13.8 Å². The molecule has 0 fully saturated rings. The minimum absolute atomic E-state index is 0.110. The van der Waals surface area contributed by atoms with E-state index in [0.717, 1.165) is 0 Å². The summed E-state index contributed by atoms with van der Waals surface area (Å²) in [5.41, 5.74) is 11.5. The molecule has 6 N–H and O–H groups in total. The van der Waals surface area contributed by atoms with Crippen molar-refractivity contribution in [1.29, 1.82) is 0 Å². The van der Waals surface area contributed by atoms with Crippen LogP contribution < -0.4 is 25.7 Å². The van der Waals surface area contributed by atoms with Gasteiger partial charge >= 0.3 is 19.7 Å².